The Balaban J connectivity index is 2.00. The molecule has 21 heavy (non-hydrogen) atoms. The van der Waals surface area contributed by atoms with Crippen LogP contribution in [0.4, 0.5) is 11.5 Å². The fraction of sp³-hybridized carbons (Fsp3) is 0.312. The first-order chi connectivity index (χ1) is 10.1. The van der Waals surface area contributed by atoms with Crippen LogP contribution in [-0.2, 0) is 0 Å². The van der Waals surface area contributed by atoms with Gasteiger partial charge in [0, 0.05) is 18.3 Å². The van der Waals surface area contributed by atoms with Crippen LogP contribution in [-0.4, -0.2) is 22.8 Å². The summed E-state index contributed by atoms with van der Waals surface area (Å²) in [6.07, 6.45) is 0. The molecule has 1 heterocycles. The third-order valence-corrected chi connectivity index (χ3v) is 3.33. The predicted octanol–water partition coefficient (Wildman–Crippen LogP) is 2.88. The van der Waals surface area contributed by atoms with Gasteiger partial charge in [0.15, 0.2) is 5.82 Å². The highest BCUT2D eigenvalue weighted by atomic mass is 15.2. The van der Waals surface area contributed by atoms with E-state index in [9.17, 15) is 5.26 Å². The van der Waals surface area contributed by atoms with Gasteiger partial charge in [0.2, 0.25) is 0 Å². The predicted molar refractivity (Wildman–Crippen MR) is 84.2 cm³/mol. The molecule has 1 atom stereocenters. The van der Waals surface area contributed by atoms with Gasteiger partial charge in [0.25, 0.3) is 0 Å². The Kier molecular flexibility index (Phi) is 4.72. The van der Waals surface area contributed by atoms with Crippen LogP contribution in [0.3, 0.4) is 0 Å². The molecule has 108 valence electrons. The number of aromatic nitrogens is 2. The molecule has 0 fully saturated rings. The van der Waals surface area contributed by atoms with Crippen LogP contribution in [0.25, 0.3) is 0 Å². The first kappa shape index (κ1) is 14.8. The van der Waals surface area contributed by atoms with Gasteiger partial charge in [-0.25, -0.2) is 0 Å². The van der Waals surface area contributed by atoms with E-state index in [2.05, 4.69) is 33.8 Å². The van der Waals surface area contributed by atoms with E-state index < -0.39 is 0 Å². The number of anilines is 2. The Hall–Kier alpha value is -2.61. The lowest BCUT2D eigenvalue weighted by Gasteiger charge is -2.17. The van der Waals surface area contributed by atoms with E-state index in [0.717, 1.165) is 16.9 Å². The van der Waals surface area contributed by atoms with Gasteiger partial charge >= 0.3 is 0 Å². The summed E-state index contributed by atoms with van der Waals surface area (Å²) >= 11 is 0. The maximum atomic E-state index is 9.25. The Labute approximate surface area is 125 Å². The average molecular weight is 281 g/mol. The van der Waals surface area contributed by atoms with Gasteiger partial charge in [-0.15, -0.1) is 5.10 Å². The van der Waals surface area contributed by atoms with Crippen LogP contribution in [0.2, 0.25) is 0 Å². The molecule has 5 heteroatoms. The Morgan fingerprint density at radius 3 is 2.57 bits per heavy atom. The van der Waals surface area contributed by atoms with Crippen LogP contribution in [0, 0.1) is 25.2 Å². The number of benzene rings is 1. The van der Waals surface area contributed by atoms with Crippen molar-refractivity contribution in [3.63, 3.8) is 0 Å². The maximum absolute atomic E-state index is 9.25. The highest BCUT2D eigenvalue weighted by molar-refractivity contribution is 5.56. The minimum Gasteiger partial charge on any atom is -0.381 e. The molecule has 2 aromatic rings. The Bertz CT molecular complexity index is 646. The summed E-state index contributed by atoms with van der Waals surface area (Å²) < 4.78 is 0. The van der Waals surface area contributed by atoms with Gasteiger partial charge < -0.3 is 10.6 Å². The third kappa shape index (κ3) is 3.69. The molecular weight excluding hydrogens is 262 g/mol. The molecule has 0 radical (unpaired) electrons. The molecular formula is C16H19N5. The standard InChI is InChI=1S/C16H19N5/c1-11(19-14-7-5-4-6-8-14)10-18-16-15(9-17)12(2)13(3)20-21-16/h4-8,11,19H,10H2,1-3H3,(H,18,21). The van der Waals surface area contributed by atoms with Gasteiger partial charge in [-0.3, -0.25) is 0 Å². The molecule has 2 N–H and O–H groups in total. The van der Waals surface area contributed by atoms with Gasteiger partial charge in [0.1, 0.15) is 11.6 Å². The van der Waals surface area contributed by atoms with E-state index in [1.165, 1.54) is 0 Å². The van der Waals surface area contributed by atoms with Crippen molar-refractivity contribution in [2.45, 2.75) is 26.8 Å². The lowest BCUT2D eigenvalue weighted by Crippen LogP contribution is -2.25. The van der Waals surface area contributed by atoms with Crippen molar-refractivity contribution in [3.05, 3.63) is 47.2 Å². The van der Waals surface area contributed by atoms with Crippen LogP contribution < -0.4 is 10.6 Å². The molecule has 0 aliphatic carbocycles. The van der Waals surface area contributed by atoms with E-state index in [0.29, 0.717) is 17.9 Å². The summed E-state index contributed by atoms with van der Waals surface area (Å²) in [4.78, 5) is 0. The van der Waals surface area contributed by atoms with E-state index >= 15 is 0 Å². The summed E-state index contributed by atoms with van der Waals surface area (Å²) in [6, 6.07) is 12.4. The monoisotopic (exact) mass is 281 g/mol. The van der Waals surface area contributed by atoms with Crippen LogP contribution in [0.1, 0.15) is 23.7 Å². The number of nitriles is 1. The van der Waals surface area contributed by atoms with Gasteiger partial charge in [0.05, 0.1) is 5.69 Å². The van der Waals surface area contributed by atoms with Crippen LogP contribution in [0.5, 0.6) is 0 Å². The second kappa shape index (κ2) is 6.71. The molecule has 0 aliphatic rings. The first-order valence-electron chi connectivity index (χ1n) is 6.91. The van der Waals surface area contributed by atoms with E-state index in [4.69, 9.17) is 0 Å². The van der Waals surface area contributed by atoms with Gasteiger partial charge in [-0.1, -0.05) is 18.2 Å². The third-order valence-electron chi connectivity index (χ3n) is 3.33. The summed E-state index contributed by atoms with van der Waals surface area (Å²) in [5, 5.41) is 24.0. The van der Waals surface area contributed by atoms with Crippen molar-refractivity contribution in [1.29, 1.82) is 5.26 Å². The topological polar surface area (TPSA) is 73.6 Å². The van der Waals surface area contributed by atoms with Gasteiger partial charge in [-0.2, -0.15) is 10.4 Å². The molecule has 5 nitrogen and oxygen atoms in total. The highest BCUT2D eigenvalue weighted by Gasteiger charge is 2.11. The second-order valence-corrected chi connectivity index (χ2v) is 5.04. The number of rotatable bonds is 5. The van der Waals surface area contributed by atoms with Crippen molar-refractivity contribution >= 4 is 11.5 Å². The van der Waals surface area contributed by atoms with E-state index in [-0.39, 0.29) is 6.04 Å². The van der Waals surface area contributed by atoms with Crippen molar-refractivity contribution in [1.82, 2.24) is 10.2 Å². The van der Waals surface area contributed by atoms with E-state index in [1.807, 2.05) is 44.2 Å². The fourth-order valence-corrected chi connectivity index (χ4v) is 1.99. The highest BCUT2D eigenvalue weighted by Crippen LogP contribution is 2.17. The number of nitrogens with zero attached hydrogens (tertiary/aromatic N) is 3. The molecule has 0 bridgehead atoms. The summed E-state index contributed by atoms with van der Waals surface area (Å²) in [6.45, 7) is 6.47. The minimum absolute atomic E-state index is 0.197. The van der Waals surface area contributed by atoms with E-state index in [1.54, 1.807) is 0 Å². The van der Waals surface area contributed by atoms with Gasteiger partial charge in [-0.05, 0) is 38.5 Å². The van der Waals surface area contributed by atoms with Crippen molar-refractivity contribution in [2.75, 3.05) is 17.2 Å². The molecule has 1 unspecified atom stereocenters. The lowest BCUT2D eigenvalue weighted by atomic mass is 10.1. The molecule has 2 rings (SSSR count). The molecule has 0 saturated carbocycles. The number of para-hydroxylation sites is 1. The molecule has 0 saturated heterocycles. The van der Waals surface area contributed by atoms with Crippen molar-refractivity contribution in [2.24, 2.45) is 0 Å². The van der Waals surface area contributed by atoms with Crippen molar-refractivity contribution < 1.29 is 0 Å². The second-order valence-electron chi connectivity index (χ2n) is 5.04. The molecule has 0 aliphatic heterocycles. The maximum Gasteiger partial charge on any atom is 0.167 e. The SMILES string of the molecule is Cc1nnc(NCC(C)Nc2ccccc2)c(C#N)c1C. The fourth-order valence-electron chi connectivity index (χ4n) is 1.99. The molecule has 1 aromatic heterocycles. The largest absolute Gasteiger partial charge is 0.381 e. The Morgan fingerprint density at radius 1 is 1.19 bits per heavy atom. The zero-order valence-corrected chi connectivity index (χ0v) is 12.5. The zero-order valence-electron chi connectivity index (χ0n) is 12.5. The van der Waals surface area contributed by atoms with Crippen molar-refractivity contribution in [3.8, 4) is 6.07 Å². The number of hydrogen-bond acceptors (Lipinski definition) is 5. The number of hydrogen-bond donors (Lipinski definition) is 2. The minimum atomic E-state index is 0.197. The number of aryl methyl sites for hydroxylation is 1. The normalized spacial score (nSPS) is 11.5. The van der Waals surface area contributed by atoms with Crippen LogP contribution >= 0.6 is 0 Å². The number of nitrogens with one attached hydrogen (secondary N) is 2. The molecule has 0 spiro atoms. The smallest absolute Gasteiger partial charge is 0.167 e. The average Bonchev–Trinajstić information content (AvgIpc) is 2.49. The zero-order chi connectivity index (χ0) is 15.2. The molecule has 1 aromatic carbocycles. The summed E-state index contributed by atoms with van der Waals surface area (Å²) in [5.74, 6) is 0.544. The lowest BCUT2D eigenvalue weighted by molar-refractivity contribution is 0.823. The Morgan fingerprint density at radius 2 is 1.90 bits per heavy atom. The quantitative estimate of drug-likeness (QED) is 0.881. The van der Waals surface area contributed by atoms with Crippen LogP contribution in [0.15, 0.2) is 30.3 Å². The first-order valence-corrected chi connectivity index (χ1v) is 6.91. The summed E-state index contributed by atoms with van der Waals surface area (Å²) in [5.41, 5.74) is 3.29. The summed E-state index contributed by atoms with van der Waals surface area (Å²) in [7, 11) is 0. The molecule has 0 amide bonds.